The highest BCUT2D eigenvalue weighted by molar-refractivity contribution is 5.85. The van der Waals surface area contributed by atoms with Gasteiger partial charge in [-0.1, -0.05) is 24.3 Å². The van der Waals surface area contributed by atoms with Crippen LogP contribution in [0.3, 0.4) is 0 Å². The van der Waals surface area contributed by atoms with Crippen molar-refractivity contribution in [1.29, 1.82) is 0 Å². The Labute approximate surface area is 122 Å². The lowest BCUT2D eigenvalue weighted by atomic mass is 9.93. The molecule has 2 amide bonds. The molecule has 0 radical (unpaired) electrons. The monoisotopic (exact) mass is 290 g/mol. The molecule has 1 aromatic rings. The maximum absolute atomic E-state index is 12.2. The molecule has 0 saturated carbocycles. The number of benzene rings is 1. The lowest BCUT2D eigenvalue weighted by Crippen LogP contribution is -2.49. The molecule has 112 valence electrons. The van der Waals surface area contributed by atoms with Crippen LogP contribution in [0.25, 0.3) is 0 Å². The molecule has 6 heteroatoms. The van der Waals surface area contributed by atoms with Crippen molar-refractivity contribution in [1.82, 2.24) is 10.2 Å². The first-order valence-corrected chi connectivity index (χ1v) is 6.82. The lowest BCUT2D eigenvalue weighted by molar-refractivity contribution is -0.151. The van der Waals surface area contributed by atoms with E-state index in [9.17, 15) is 19.5 Å². The topological polar surface area (TPSA) is 86.7 Å². The van der Waals surface area contributed by atoms with Crippen molar-refractivity contribution >= 4 is 17.8 Å². The molecule has 2 rings (SSSR count). The Kier molecular flexibility index (Phi) is 4.57. The van der Waals surface area contributed by atoms with Gasteiger partial charge in [0, 0.05) is 32.9 Å². The maximum atomic E-state index is 12.2. The number of fused-ring (bicyclic) bond motifs is 1. The smallest absolute Gasteiger partial charge is 0.326 e. The van der Waals surface area contributed by atoms with E-state index in [1.165, 1.54) is 11.8 Å². The molecule has 2 N–H and O–H groups in total. The molecule has 21 heavy (non-hydrogen) atoms. The van der Waals surface area contributed by atoms with Crippen LogP contribution in [0, 0.1) is 0 Å². The van der Waals surface area contributed by atoms with Gasteiger partial charge in [-0.25, -0.2) is 4.79 Å². The van der Waals surface area contributed by atoms with Gasteiger partial charge >= 0.3 is 5.97 Å². The second-order valence-corrected chi connectivity index (χ2v) is 5.08. The highest BCUT2D eigenvalue weighted by atomic mass is 16.4. The summed E-state index contributed by atoms with van der Waals surface area (Å²) in [6, 6.07) is 6.70. The third-order valence-electron chi connectivity index (χ3n) is 3.57. The number of carbonyl (C=O) groups excluding carboxylic acids is 2. The van der Waals surface area contributed by atoms with E-state index in [0.717, 1.165) is 11.1 Å². The van der Waals surface area contributed by atoms with Crippen LogP contribution in [-0.4, -0.2) is 40.4 Å². The van der Waals surface area contributed by atoms with E-state index < -0.39 is 12.0 Å². The summed E-state index contributed by atoms with van der Waals surface area (Å²) in [6.45, 7) is 1.90. The first-order valence-electron chi connectivity index (χ1n) is 6.82. The molecule has 1 aromatic carbocycles. The van der Waals surface area contributed by atoms with Gasteiger partial charge in [-0.2, -0.15) is 0 Å². The van der Waals surface area contributed by atoms with Crippen molar-refractivity contribution < 1.29 is 19.5 Å². The van der Waals surface area contributed by atoms with Crippen molar-refractivity contribution in [3.8, 4) is 0 Å². The van der Waals surface area contributed by atoms with Crippen molar-refractivity contribution in [3.05, 3.63) is 35.4 Å². The van der Waals surface area contributed by atoms with Crippen LogP contribution >= 0.6 is 0 Å². The van der Waals surface area contributed by atoms with Crippen molar-refractivity contribution in [3.63, 3.8) is 0 Å². The second kappa shape index (κ2) is 6.39. The summed E-state index contributed by atoms with van der Waals surface area (Å²) < 4.78 is 0. The van der Waals surface area contributed by atoms with Gasteiger partial charge in [0.25, 0.3) is 0 Å². The molecule has 6 nitrogen and oxygen atoms in total. The standard InChI is InChI=1S/C15H18N2O4/c1-10(18)16-7-6-14(19)17-9-12-5-3-2-4-11(12)8-13(17)15(20)21/h2-5,13H,6-9H2,1H3,(H,16,18)(H,20,21)/t13-/m0/s1. The van der Waals surface area contributed by atoms with Crippen LogP contribution in [0.1, 0.15) is 24.5 Å². The molecule has 0 spiro atoms. The van der Waals surface area contributed by atoms with E-state index in [1.54, 1.807) is 0 Å². The zero-order valence-electron chi connectivity index (χ0n) is 11.8. The highest BCUT2D eigenvalue weighted by Gasteiger charge is 2.33. The Morgan fingerprint density at radius 2 is 1.95 bits per heavy atom. The van der Waals surface area contributed by atoms with Gasteiger partial charge in [-0.3, -0.25) is 9.59 Å². The van der Waals surface area contributed by atoms with E-state index in [4.69, 9.17) is 0 Å². The summed E-state index contributed by atoms with van der Waals surface area (Å²) in [5.74, 6) is -1.47. The molecule has 0 bridgehead atoms. The molecule has 1 aliphatic heterocycles. The zero-order chi connectivity index (χ0) is 15.4. The molecule has 0 fully saturated rings. The second-order valence-electron chi connectivity index (χ2n) is 5.08. The van der Waals surface area contributed by atoms with Crippen molar-refractivity contribution in [2.75, 3.05) is 6.54 Å². The summed E-state index contributed by atoms with van der Waals surface area (Å²) in [5.41, 5.74) is 1.94. The molecular formula is C15H18N2O4. The predicted molar refractivity (Wildman–Crippen MR) is 75.4 cm³/mol. The minimum absolute atomic E-state index is 0.103. The average molecular weight is 290 g/mol. The van der Waals surface area contributed by atoms with Crippen LogP contribution in [0.5, 0.6) is 0 Å². The Morgan fingerprint density at radius 1 is 1.29 bits per heavy atom. The fraction of sp³-hybridized carbons (Fsp3) is 0.400. The van der Waals surface area contributed by atoms with E-state index in [-0.39, 0.29) is 24.8 Å². The molecule has 1 atom stereocenters. The number of amides is 2. The van der Waals surface area contributed by atoms with Crippen LogP contribution in [0.2, 0.25) is 0 Å². The number of hydrogen-bond acceptors (Lipinski definition) is 3. The third kappa shape index (κ3) is 3.59. The number of carboxylic acid groups (broad SMARTS) is 1. The van der Waals surface area contributed by atoms with Gasteiger partial charge in [0.1, 0.15) is 6.04 Å². The van der Waals surface area contributed by atoms with Gasteiger partial charge in [0.05, 0.1) is 0 Å². The third-order valence-corrected chi connectivity index (χ3v) is 3.57. The summed E-state index contributed by atoms with van der Waals surface area (Å²) in [5, 5.41) is 11.9. The van der Waals surface area contributed by atoms with Gasteiger partial charge in [0.15, 0.2) is 0 Å². The molecule has 0 saturated heterocycles. The van der Waals surface area contributed by atoms with Crippen LogP contribution < -0.4 is 5.32 Å². The first-order chi connectivity index (χ1) is 9.99. The van der Waals surface area contributed by atoms with Crippen molar-refractivity contribution in [2.24, 2.45) is 0 Å². The summed E-state index contributed by atoms with van der Waals surface area (Å²) in [6.07, 6.45) is 0.420. The predicted octanol–water partition coefficient (Wildman–Crippen LogP) is 0.551. The number of nitrogens with zero attached hydrogens (tertiary/aromatic N) is 1. The van der Waals surface area contributed by atoms with Gasteiger partial charge in [0.2, 0.25) is 11.8 Å². The van der Waals surface area contributed by atoms with Crippen LogP contribution in [-0.2, 0) is 27.3 Å². The number of aliphatic carboxylic acids is 1. The lowest BCUT2D eigenvalue weighted by Gasteiger charge is -2.34. The largest absolute Gasteiger partial charge is 0.480 e. The van der Waals surface area contributed by atoms with E-state index in [0.29, 0.717) is 13.0 Å². The molecule has 0 aromatic heterocycles. The van der Waals surface area contributed by atoms with E-state index in [1.807, 2.05) is 24.3 Å². The molecular weight excluding hydrogens is 272 g/mol. The van der Waals surface area contributed by atoms with Crippen LogP contribution in [0.15, 0.2) is 24.3 Å². The minimum Gasteiger partial charge on any atom is -0.480 e. The average Bonchev–Trinajstić information content (AvgIpc) is 2.45. The first kappa shape index (κ1) is 15.0. The van der Waals surface area contributed by atoms with Crippen LogP contribution in [0.4, 0.5) is 0 Å². The number of hydrogen-bond donors (Lipinski definition) is 2. The van der Waals surface area contributed by atoms with Gasteiger partial charge in [-0.05, 0) is 11.1 Å². The number of carbonyl (C=O) groups is 3. The Balaban J connectivity index is 2.11. The fourth-order valence-corrected chi connectivity index (χ4v) is 2.49. The maximum Gasteiger partial charge on any atom is 0.326 e. The number of nitrogens with one attached hydrogen (secondary N) is 1. The minimum atomic E-state index is -1.00. The highest BCUT2D eigenvalue weighted by Crippen LogP contribution is 2.24. The van der Waals surface area contributed by atoms with Crippen molar-refractivity contribution in [2.45, 2.75) is 32.4 Å². The quantitative estimate of drug-likeness (QED) is 0.848. The SMILES string of the molecule is CC(=O)NCCC(=O)N1Cc2ccccc2C[C@H]1C(=O)O. The Morgan fingerprint density at radius 3 is 2.57 bits per heavy atom. The van der Waals surface area contributed by atoms with E-state index >= 15 is 0 Å². The Bertz CT molecular complexity index is 571. The molecule has 0 unspecified atom stereocenters. The van der Waals surface area contributed by atoms with Gasteiger partial charge in [-0.15, -0.1) is 0 Å². The number of rotatable bonds is 4. The molecule has 1 heterocycles. The Hall–Kier alpha value is -2.37. The number of carboxylic acids is 1. The molecule has 1 aliphatic rings. The summed E-state index contributed by atoms with van der Waals surface area (Å²) in [7, 11) is 0. The summed E-state index contributed by atoms with van der Waals surface area (Å²) >= 11 is 0. The van der Waals surface area contributed by atoms with Gasteiger partial charge < -0.3 is 15.3 Å². The summed E-state index contributed by atoms with van der Waals surface area (Å²) in [4.78, 5) is 35.8. The van der Waals surface area contributed by atoms with E-state index in [2.05, 4.69) is 5.32 Å². The zero-order valence-corrected chi connectivity index (χ0v) is 11.8. The fourth-order valence-electron chi connectivity index (χ4n) is 2.49. The molecule has 0 aliphatic carbocycles. The normalized spacial score (nSPS) is 17.0.